The lowest BCUT2D eigenvalue weighted by Gasteiger charge is -2.09. The van der Waals surface area contributed by atoms with Gasteiger partial charge in [0.2, 0.25) is 5.75 Å². The van der Waals surface area contributed by atoms with Crippen molar-refractivity contribution in [2.45, 2.75) is 65.2 Å². The van der Waals surface area contributed by atoms with Crippen LogP contribution in [0.1, 0.15) is 75.6 Å². The number of nitro groups is 1. The fraction of sp³-hybridized carbons (Fsp3) is 0.371. The van der Waals surface area contributed by atoms with E-state index in [-0.39, 0.29) is 23.0 Å². The van der Waals surface area contributed by atoms with Crippen LogP contribution in [0.5, 0.6) is 17.2 Å². The zero-order chi connectivity index (χ0) is 31.7. The molecule has 3 rings (SSSR count). The normalized spacial score (nSPS) is 10.6. The third-order valence-electron chi connectivity index (χ3n) is 6.75. The maximum Gasteiger partial charge on any atom is 0.343 e. The Hall–Kier alpha value is -4.66. The molecule has 9 nitrogen and oxygen atoms in total. The van der Waals surface area contributed by atoms with Gasteiger partial charge in [0.1, 0.15) is 11.5 Å². The molecule has 234 valence electrons. The molecule has 0 N–H and O–H groups in total. The third-order valence-corrected chi connectivity index (χ3v) is 6.75. The van der Waals surface area contributed by atoms with Gasteiger partial charge in [-0.2, -0.15) is 0 Å². The quantitative estimate of drug-likeness (QED) is 0.0335. The Labute approximate surface area is 258 Å². The molecule has 0 aliphatic heterocycles. The molecule has 0 spiro atoms. The zero-order valence-electron chi connectivity index (χ0n) is 25.5. The van der Waals surface area contributed by atoms with Crippen LogP contribution in [0.2, 0.25) is 0 Å². The van der Waals surface area contributed by atoms with Crippen molar-refractivity contribution < 1.29 is 33.5 Å². The van der Waals surface area contributed by atoms with E-state index in [4.69, 9.17) is 18.9 Å². The Morgan fingerprint density at radius 3 is 1.89 bits per heavy atom. The topological polar surface area (TPSA) is 114 Å². The summed E-state index contributed by atoms with van der Waals surface area (Å²) in [5.41, 5.74) is 1.78. The van der Waals surface area contributed by atoms with Gasteiger partial charge in [-0.25, -0.2) is 9.59 Å². The first-order valence-electron chi connectivity index (χ1n) is 15.1. The molecule has 44 heavy (non-hydrogen) atoms. The van der Waals surface area contributed by atoms with E-state index >= 15 is 0 Å². The summed E-state index contributed by atoms with van der Waals surface area (Å²) in [5.74, 6) is 0.209. The summed E-state index contributed by atoms with van der Waals surface area (Å²) < 4.78 is 21.9. The number of esters is 2. The van der Waals surface area contributed by atoms with E-state index in [2.05, 4.69) is 6.58 Å². The van der Waals surface area contributed by atoms with Crippen molar-refractivity contribution in [3.05, 3.63) is 94.6 Å². The molecular weight excluding hydrogens is 562 g/mol. The number of benzene rings is 3. The number of ether oxygens (including phenoxy) is 4. The monoisotopic (exact) mass is 603 g/mol. The summed E-state index contributed by atoms with van der Waals surface area (Å²) in [4.78, 5) is 35.3. The largest absolute Gasteiger partial charge is 0.494 e. The predicted molar refractivity (Wildman–Crippen MR) is 169 cm³/mol. The number of carbonyl (C=O) groups is 2. The molecule has 9 heteroatoms. The minimum Gasteiger partial charge on any atom is -0.494 e. The second-order valence-corrected chi connectivity index (χ2v) is 10.5. The second kappa shape index (κ2) is 18.1. The van der Waals surface area contributed by atoms with Crippen molar-refractivity contribution in [2.75, 3.05) is 19.8 Å². The molecule has 0 aromatic heterocycles. The second-order valence-electron chi connectivity index (χ2n) is 10.5. The highest BCUT2D eigenvalue weighted by Crippen LogP contribution is 2.33. The first-order valence-corrected chi connectivity index (χ1v) is 15.1. The van der Waals surface area contributed by atoms with E-state index in [0.717, 1.165) is 62.7 Å². The Kier molecular flexibility index (Phi) is 13.9. The number of hydrogen-bond donors (Lipinski definition) is 0. The Morgan fingerprint density at radius 2 is 1.30 bits per heavy atom. The van der Waals surface area contributed by atoms with E-state index in [1.807, 2.05) is 31.2 Å². The standard InChI is InChI=1S/C35H41NO8/c1-4-22-41-30-17-12-27(13-18-30)29-16-21-33(32(25-29)36(39)40)44-35(38)28-14-19-31(20-15-28)42-23-10-8-6-5-7-9-11-24-43-34(37)26(2)3/h12-21,25H,2,4-11,22-24H2,1,3H3. The van der Waals surface area contributed by atoms with Gasteiger partial charge in [-0.15, -0.1) is 0 Å². The first-order chi connectivity index (χ1) is 21.3. The van der Waals surface area contributed by atoms with Gasteiger partial charge in [0.05, 0.1) is 30.3 Å². The van der Waals surface area contributed by atoms with E-state index in [1.54, 1.807) is 37.3 Å². The number of hydrogen-bond acceptors (Lipinski definition) is 8. The van der Waals surface area contributed by atoms with E-state index < -0.39 is 10.9 Å². The van der Waals surface area contributed by atoms with Gasteiger partial charge >= 0.3 is 17.6 Å². The van der Waals surface area contributed by atoms with Gasteiger partial charge in [0, 0.05) is 11.6 Å². The van der Waals surface area contributed by atoms with Crippen molar-refractivity contribution in [1.82, 2.24) is 0 Å². The number of unbranched alkanes of at least 4 members (excludes halogenated alkanes) is 6. The first kappa shape index (κ1) is 33.8. The number of nitro benzene ring substituents is 1. The molecule has 0 bridgehead atoms. The van der Waals surface area contributed by atoms with Crippen molar-refractivity contribution >= 4 is 17.6 Å². The van der Waals surface area contributed by atoms with Gasteiger partial charge in [-0.1, -0.05) is 63.8 Å². The molecule has 0 atom stereocenters. The summed E-state index contributed by atoms with van der Waals surface area (Å²) in [6.45, 7) is 8.84. The van der Waals surface area contributed by atoms with Crippen LogP contribution in [-0.4, -0.2) is 36.7 Å². The van der Waals surface area contributed by atoms with Crippen LogP contribution in [0.3, 0.4) is 0 Å². The summed E-state index contributed by atoms with van der Waals surface area (Å²) in [7, 11) is 0. The smallest absolute Gasteiger partial charge is 0.343 e. The van der Waals surface area contributed by atoms with Gasteiger partial charge in [-0.05, 0) is 79.8 Å². The zero-order valence-corrected chi connectivity index (χ0v) is 25.5. The highest BCUT2D eigenvalue weighted by molar-refractivity contribution is 5.92. The summed E-state index contributed by atoms with van der Waals surface area (Å²) in [6, 6.07) is 18.3. The van der Waals surface area contributed by atoms with Crippen LogP contribution in [0.4, 0.5) is 5.69 Å². The van der Waals surface area contributed by atoms with Crippen LogP contribution in [0.25, 0.3) is 11.1 Å². The number of rotatable bonds is 19. The molecule has 0 fully saturated rings. The highest BCUT2D eigenvalue weighted by Gasteiger charge is 2.20. The predicted octanol–water partition coefficient (Wildman–Crippen LogP) is 8.50. The average Bonchev–Trinajstić information content (AvgIpc) is 3.03. The summed E-state index contributed by atoms with van der Waals surface area (Å²) in [5, 5.41) is 11.8. The molecule has 0 radical (unpaired) electrons. The maximum absolute atomic E-state index is 12.8. The molecule has 0 amide bonds. The van der Waals surface area contributed by atoms with Crippen LogP contribution in [-0.2, 0) is 9.53 Å². The van der Waals surface area contributed by atoms with Gasteiger partial charge < -0.3 is 18.9 Å². The van der Waals surface area contributed by atoms with Crippen LogP contribution < -0.4 is 14.2 Å². The molecular formula is C35H41NO8. The van der Waals surface area contributed by atoms with Crippen LogP contribution in [0.15, 0.2) is 78.9 Å². The SMILES string of the molecule is C=C(C)C(=O)OCCCCCCCCCOc1ccc(C(=O)Oc2ccc(-c3ccc(OCCC)cc3)cc2[N+](=O)[O-])cc1. The fourth-order valence-electron chi connectivity index (χ4n) is 4.30. The van der Waals surface area contributed by atoms with Crippen molar-refractivity contribution in [2.24, 2.45) is 0 Å². The maximum atomic E-state index is 12.8. The minimum absolute atomic E-state index is 0.127. The van der Waals surface area contributed by atoms with Crippen molar-refractivity contribution in [1.29, 1.82) is 0 Å². The summed E-state index contributed by atoms with van der Waals surface area (Å²) >= 11 is 0. The van der Waals surface area contributed by atoms with Gasteiger partial charge in [-0.3, -0.25) is 10.1 Å². The lowest BCUT2D eigenvalue weighted by atomic mass is 10.0. The highest BCUT2D eigenvalue weighted by atomic mass is 16.6. The number of carbonyl (C=O) groups excluding carboxylic acids is 2. The molecule has 0 unspecified atom stereocenters. The lowest BCUT2D eigenvalue weighted by Crippen LogP contribution is -2.10. The fourth-order valence-corrected chi connectivity index (χ4v) is 4.30. The summed E-state index contributed by atoms with van der Waals surface area (Å²) in [6.07, 6.45) is 8.06. The average molecular weight is 604 g/mol. The number of nitrogens with zero attached hydrogens (tertiary/aromatic N) is 1. The van der Waals surface area contributed by atoms with E-state index in [1.165, 1.54) is 12.1 Å². The third kappa shape index (κ3) is 11.2. The molecule has 0 saturated heterocycles. The molecule has 0 aliphatic rings. The molecule has 0 saturated carbocycles. The molecule has 3 aromatic carbocycles. The van der Waals surface area contributed by atoms with Crippen molar-refractivity contribution in [3.8, 4) is 28.4 Å². The Bertz CT molecular complexity index is 1380. The lowest BCUT2D eigenvalue weighted by molar-refractivity contribution is -0.385. The van der Waals surface area contributed by atoms with Gasteiger partial charge in [0.15, 0.2) is 0 Å². The van der Waals surface area contributed by atoms with Gasteiger partial charge in [0.25, 0.3) is 0 Å². The molecule has 0 heterocycles. The van der Waals surface area contributed by atoms with Crippen LogP contribution >= 0.6 is 0 Å². The van der Waals surface area contributed by atoms with E-state index in [0.29, 0.717) is 36.7 Å². The van der Waals surface area contributed by atoms with Crippen molar-refractivity contribution in [3.63, 3.8) is 0 Å². The van der Waals surface area contributed by atoms with Crippen LogP contribution in [0, 0.1) is 10.1 Å². The molecule has 3 aromatic rings. The van der Waals surface area contributed by atoms with E-state index in [9.17, 15) is 19.7 Å². The Balaban J connectivity index is 1.40. The molecule has 0 aliphatic carbocycles. The Morgan fingerprint density at radius 1 is 0.750 bits per heavy atom. The minimum atomic E-state index is -0.696.